The van der Waals surface area contributed by atoms with E-state index in [0.29, 0.717) is 23.1 Å². The van der Waals surface area contributed by atoms with Crippen molar-refractivity contribution in [1.29, 1.82) is 0 Å². The van der Waals surface area contributed by atoms with Gasteiger partial charge in [0, 0.05) is 17.0 Å². The van der Waals surface area contributed by atoms with Crippen LogP contribution in [0, 0.1) is 0 Å². The van der Waals surface area contributed by atoms with E-state index in [1.54, 1.807) is 43.8 Å². The summed E-state index contributed by atoms with van der Waals surface area (Å²) in [6.45, 7) is 0. The highest BCUT2D eigenvalue weighted by atomic mass is 32.1. The molecule has 1 N–H and O–H groups in total. The van der Waals surface area contributed by atoms with E-state index >= 15 is 0 Å². The number of amides is 1. The van der Waals surface area contributed by atoms with Gasteiger partial charge >= 0.3 is 0 Å². The number of carbonyl (C=O) groups is 1. The second-order valence-corrected chi connectivity index (χ2v) is 5.78. The molecule has 0 aliphatic rings. The zero-order chi connectivity index (χ0) is 16.9. The van der Waals surface area contributed by atoms with Gasteiger partial charge in [-0.2, -0.15) is 11.3 Å². The Labute approximate surface area is 143 Å². The van der Waals surface area contributed by atoms with Gasteiger partial charge in [0.1, 0.15) is 5.69 Å². The summed E-state index contributed by atoms with van der Waals surface area (Å²) >= 11 is 1.57. The van der Waals surface area contributed by atoms with E-state index in [0.717, 1.165) is 11.1 Å². The molecule has 0 saturated carbocycles. The monoisotopic (exact) mass is 344 g/mol. The maximum Gasteiger partial charge on any atom is 0.231 e. The summed E-state index contributed by atoms with van der Waals surface area (Å²) in [6, 6.07) is 9.00. The molecule has 0 aliphatic heterocycles. The Hall–Kier alpha value is -2.80. The van der Waals surface area contributed by atoms with Crippen LogP contribution < -0.4 is 14.8 Å². The van der Waals surface area contributed by atoms with Gasteiger partial charge in [-0.05, 0) is 29.1 Å². The molecule has 6 nitrogen and oxygen atoms in total. The van der Waals surface area contributed by atoms with E-state index in [1.807, 2.05) is 22.9 Å². The number of nitrogens with one attached hydrogen (secondary N) is 1. The highest BCUT2D eigenvalue weighted by Crippen LogP contribution is 2.28. The second-order valence-electron chi connectivity index (χ2n) is 5.00. The molecule has 24 heavy (non-hydrogen) atoms. The molecule has 1 aromatic carbocycles. The van der Waals surface area contributed by atoms with Gasteiger partial charge in [0.15, 0.2) is 11.5 Å². The second kappa shape index (κ2) is 7.18. The quantitative estimate of drug-likeness (QED) is 0.739. The minimum atomic E-state index is -0.199. The van der Waals surface area contributed by atoms with Crippen LogP contribution in [0.25, 0.3) is 11.3 Å². The van der Waals surface area contributed by atoms with Crippen LogP contribution in [0.4, 0.5) is 5.88 Å². The van der Waals surface area contributed by atoms with Gasteiger partial charge in [-0.25, -0.2) is 0 Å². The lowest BCUT2D eigenvalue weighted by atomic mass is 10.1. The third-order valence-electron chi connectivity index (χ3n) is 3.40. The third kappa shape index (κ3) is 3.57. The standard InChI is InChI=1S/C17H16N2O4S/c1-21-14-4-3-11(7-15(14)22-2)8-16(20)18-17-9-13(19-23-17)12-5-6-24-10-12/h3-7,9-10H,8H2,1-2H3,(H,18,20). The van der Waals surface area contributed by atoms with Crippen LogP contribution in [0.15, 0.2) is 45.6 Å². The Balaban J connectivity index is 1.65. The van der Waals surface area contributed by atoms with E-state index < -0.39 is 0 Å². The molecular weight excluding hydrogens is 328 g/mol. The Morgan fingerprint density at radius 3 is 2.75 bits per heavy atom. The molecule has 7 heteroatoms. The predicted octanol–water partition coefficient (Wildman–Crippen LogP) is 3.60. The molecule has 0 spiro atoms. The van der Waals surface area contributed by atoms with Crippen molar-refractivity contribution in [3.8, 4) is 22.8 Å². The van der Waals surface area contributed by atoms with E-state index in [1.165, 1.54) is 0 Å². The third-order valence-corrected chi connectivity index (χ3v) is 4.09. The lowest BCUT2D eigenvalue weighted by molar-refractivity contribution is -0.115. The summed E-state index contributed by atoms with van der Waals surface area (Å²) in [5, 5.41) is 10.6. The van der Waals surface area contributed by atoms with Gasteiger partial charge in [0.05, 0.1) is 20.6 Å². The molecule has 2 aromatic heterocycles. The summed E-state index contributed by atoms with van der Waals surface area (Å²) < 4.78 is 15.6. The Bertz CT molecular complexity index is 827. The number of carbonyl (C=O) groups excluding carboxylic acids is 1. The van der Waals surface area contributed by atoms with Crippen LogP contribution in [0.2, 0.25) is 0 Å². The SMILES string of the molecule is COc1ccc(CC(=O)Nc2cc(-c3ccsc3)no2)cc1OC. The van der Waals surface area contributed by atoms with Crippen molar-refractivity contribution in [2.24, 2.45) is 0 Å². The topological polar surface area (TPSA) is 73.6 Å². The van der Waals surface area contributed by atoms with Gasteiger partial charge in [-0.15, -0.1) is 0 Å². The van der Waals surface area contributed by atoms with Crippen LogP contribution in [0.5, 0.6) is 11.5 Å². The lowest BCUT2D eigenvalue weighted by Gasteiger charge is -2.09. The van der Waals surface area contributed by atoms with Gasteiger partial charge in [-0.1, -0.05) is 11.2 Å². The zero-order valence-corrected chi connectivity index (χ0v) is 14.1. The van der Waals surface area contributed by atoms with Crippen LogP contribution in [-0.2, 0) is 11.2 Å². The Kier molecular flexibility index (Phi) is 4.81. The number of benzene rings is 1. The summed E-state index contributed by atoms with van der Waals surface area (Å²) in [6.07, 6.45) is 0.189. The van der Waals surface area contributed by atoms with Crippen LogP contribution in [0.1, 0.15) is 5.56 Å². The molecule has 2 heterocycles. The lowest BCUT2D eigenvalue weighted by Crippen LogP contribution is -2.14. The molecule has 124 valence electrons. The minimum Gasteiger partial charge on any atom is -0.493 e. The zero-order valence-electron chi connectivity index (χ0n) is 13.2. The first kappa shape index (κ1) is 16.1. The smallest absolute Gasteiger partial charge is 0.231 e. The molecule has 1 amide bonds. The number of hydrogen-bond donors (Lipinski definition) is 1. The Morgan fingerprint density at radius 2 is 2.04 bits per heavy atom. The fourth-order valence-electron chi connectivity index (χ4n) is 2.24. The maximum atomic E-state index is 12.2. The van der Waals surface area contributed by atoms with E-state index in [2.05, 4.69) is 10.5 Å². The number of thiophene rings is 1. The van der Waals surface area contributed by atoms with Crippen LogP contribution in [-0.4, -0.2) is 25.3 Å². The molecule has 3 aromatic rings. The maximum absolute atomic E-state index is 12.2. The van der Waals surface area contributed by atoms with Crippen molar-refractivity contribution in [3.05, 3.63) is 46.7 Å². The molecular formula is C17H16N2O4S. The largest absolute Gasteiger partial charge is 0.493 e. The fraction of sp³-hybridized carbons (Fsp3) is 0.176. The summed E-state index contributed by atoms with van der Waals surface area (Å²) in [5.74, 6) is 1.33. The van der Waals surface area contributed by atoms with Crippen molar-refractivity contribution >= 4 is 23.1 Å². The van der Waals surface area contributed by atoms with Gasteiger partial charge in [0.2, 0.25) is 11.8 Å². The van der Waals surface area contributed by atoms with E-state index in [-0.39, 0.29) is 12.3 Å². The molecule has 3 rings (SSSR count). The summed E-state index contributed by atoms with van der Waals surface area (Å²) in [5.41, 5.74) is 2.46. The van der Waals surface area contributed by atoms with Crippen LogP contribution in [0.3, 0.4) is 0 Å². The number of rotatable bonds is 6. The molecule has 0 bridgehead atoms. The van der Waals surface area contributed by atoms with E-state index in [9.17, 15) is 4.79 Å². The molecule has 0 aliphatic carbocycles. The summed E-state index contributed by atoms with van der Waals surface area (Å²) in [7, 11) is 3.13. The number of ether oxygens (including phenoxy) is 2. The average molecular weight is 344 g/mol. The molecule has 0 unspecified atom stereocenters. The average Bonchev–Trinajstić information content (AvgIpc) is 3.25. The highest BCUT2D eigenvalue weighted by Gasteiger charge is 2.12. The number of hydrogen-bond acceptors (Lipinski definition) is 6. The molecule has 0 radical (unpaired) electrons. The van der Waals surface area contributed by atoms with E-state index in [4.69, 9.17) is 14.0 Å². The fourth-order valence-corrected chi connectivity index (χ4v) is 2.89. The predicted molar refractivity (Wildman–Crippen MR) is 91.7 cm³/mol. The van der Waals surface area contributed by atoms with Crippen molar-refractivity contribution in [3.63, 3.8) is 0 Å². The minimum absolute atomic E-state index is 0.189. The first-order valence-corrected chi connectivity index (χ1v) is 8.14. The van der Waals surface area contributed by atoms with Crippen molar-refractivity contribution < 1.29 is 18.8 Å². The van der Waals surface area contributed by atoms with Gasteiger partial charge in [0.25, 0.3) is 0 Å². The number of methoxy groups -OCH3 is 2. The van der Waals surface area contributed by atoms with Crippen molar-refractivity contribution in [2.45, 2.75) is 6.42 Å². The number of nitrogens with zero attached hydrogens (tertiary/aromatic N) is 1. The molecule has 0 fully saturated rings. The Morgan fingerprint density at radius 1 is 1.21 bits per heavy atom. The number of aromatic nitrogens is 1. The highest BCUT2D eigenvalue weighted by molar-refractivity contribution is 7.08. The van der Waals surface area contributed by atoms with Crippen molar-refractivity contribution in [1.82, 2.24) is 5.16 Å². The summed E-state index contributed by atoms with van der Waals surface area (Å²) in [4.78, 5) is 12.2. The first-order valence-electron chi connectivity index (χ1n) is 7.19. The molecule has 0 saturated heterocycles. The van der Waals surface area contributed by atoms with Crippen LogP contribution >= 0.6 is 11.3 Å². The van der Waals surface area contributed by atoms with Crippen molar-refractivity contribution in [2.75, 3.05) is 19.5 Å². The number of anilines is 1. The van der Waals surface area contributed by atoms with Gasteiger partial charge in [-0.3, -0.25) is 10.1 Å². The first-order chi connectivity index (χ1) is 11.7. The van der Waals surface area contributed by atoms with Gasteiger partial charge < -0.3 is 14.0 Å². The normalized spacial score (nSPS) is 10.4. The molecule has 0 atom stereocenters.